The fraction of sp³-hybridized carbons (Fsp3) is 0.286. The van der Waals surface area contributed by atoms with E-state index in [1.807, 2.05) is 0 Å². The number of Topliss-reactive ketones (excluding diaryl/α,β-unsaturated/α-hetero) is 1. The topological polar surface area (TPSA) is 125 Å². The molecular formula is C21H23NO8S. The van der Waals surface area contributed by atoms with Crippen LogP contribution in [0.5, 0.6) is 5.75 Å². The number of hydrogen-bond donors (Lipinski definition) is 1. The van der Waals surface area contributed by atoms with Gasteiger partial charge in [0, 0.05) is 7.11 Å². The fourth-order valence-electron chi connectivity index (χ4n) is 2.41. The van der Waals surface area contributed by atoms with Crippen molar-refractivity contribution in [2.45, 2.75) is 37.4 Å². The number of nitrogens with one attached hydrogen (secondary N) is 1. The van der Waals surface area contributed by atoms with Crippen LogP contribution in [0, 0.1) is 0 Å². The Balaban J connectivity index is 2.16. The van der Waals surface area contributed by atoms with Gasteiger partial charge in [-0.1, -0.05) is 30.3 Å². The van der Waals surface area contributed by atoms with Crippen molar-refractivity contribution in [3.05, 3.63) is 54.6 Å². The molecule has 2 rings (SSSR count). The molecule has 31 heavy (non-hydrogen) atoms. The normalized spacial score (nSPS) is 13.0. The Morgan fingerprint density at radius 2 is 1.61 bits per heavy atom. The third-order valence-corrected chi connectivity index (χ3v) is 5.45. The lowest BCUT2D eigenvalue weighted by atomic mass is 10.1. The average molecular weight is 449 g/mol. The molecule has 0 radical (unpaired) electrons. The number of esters is 1. The zero-order chi connectivity index (χ0) is 23.0. The van der Waals surface area contributed by atoms with Crippen LogP contribution in [0.3, 0.4) is 0 Å². The second kappa shape index (κ2) is 10.7. The van der Waals surface area contributed by atoms with E-state index in [0.29, 0.717) is 0 Å². The highest BCUT2D eigenvalue weighted by Crippen LogP contribution is 2.25. The van der Waals surface area contributed by atoms with Crippen LogP contribution < -0.4 is 9.50 Å². The predicted molar refractivity (Wildman–Crippen MR) is 111 cm³/mol. The second-order valence-corrected chi connectivity index (χ2v) is 8.03. The minimum Gasteiger partial charge on any atom is -0.452 e. The van der Waals surface area contributed by atoms with Crippen molar-refractivity contribution in [3.63, 3.8) is 0 Å². The number of ketones is 1. The maximum atomic E-state index is 12.7. The van der Waals surface area contributed by atoms with E-state index in [-0.39, 0.29) is 16.3 Å². The second-order valence-electron chi connectivity index (χ2n) is 6.51. The molecule has 0 bridgehead atoms. The van der Waals surface area contributed by atoms with E-state index in [9.17, 15) is 22.8 Å². The molecule has 0 aliphatic heterocycles. The zero-order valence-electron chi connectivity index (χ0n) is 17.2. The van der Waals surface area contributed by atoms with Crippen molar-refractivity contribution in [3.8, 4) is 5.75 Å². The molecule has 2 atom stereocenters. The fourth-order valence-corrected chi connectivity index (χ4v) is 3.49. The molecule has 1 N–H and O–H groups in total. The number of methoxy groups -OCH3 is 1. The number of carbonyl (C=O) groups excluding carboxylic acids is 3. The van der Waals surface area contributed by atoms with Crippen molar-refractivity contribution >= 4 is 33.5 Å². The Morgan fingerprint density at radius 3 is 2.23 bits per heavy atom. The molecular weight excluding hydrogens is 426 g/mol. The van der Waals surface area contributed by atoms with Crippen LogP contribution >= 0.6 is 0 Å². The SMILES string of the molecule is COC(C)C(=O)OC(CC(=O)Nc1ccccc1S(=O)(=O)Oc1ccccc1)C(C)=O. The molecule has 0 saturated carbocycles. The average Bonchev–Trinajstić information content (AvgIpc) is 2.73. The highest BCUT2D eigenvalue weighted by molar-refractivity contribution is 7.87. The Kier molecular flexibility index (Phi) is 8.29. The molecule has 0 spiro atoms. The van der Waals surface area contributed by atoms with Gasteiger partial charge in [-0.2, -0.15) is 8.42 Å². The number of hydrogen-bond acceptors (Lipinski definition) is 8. The summed E-state index contributed by atoms with van der Waals surface area (Å²) in [4.78, 5) is 35.9. The molecule has 0 saturated heterocycles. The van der Waals surface area contributed by atoms with Crippen molar-refractivity contribution in [2.75, 3.05) is 12.4 Å². The summed E-state index contributed by atoms with van der Waals surface area (Å²) in [6, 6.07) is 13.6. The summed E-state index contributed by atoms with van der Waals surface area (Å²) in [5.74, 6) is -1.95. The zero-order valence-corrected chi connectivity index (χ0v) is 18.0. The third kappa shape index (κ3) is 6.90. The van der Waals surface area contributed by atoms with Crippen molar-refractivity contribution in [2.24, 2.45) is 0 Å². The van der Waals surface area contributed by atoms with Crippen LogP contribution in [0.2, 0.25) is 0 Å². The molecule has 0 aliphatic carbocycles. The highest BCUT2D eigenvalue weighted by atomic mass is 32.2. The molecule has 2 unspecified atom stereocenters. The number of benzene rings is 2. The molecule has 10 heteroatoms. The van der Waals surface area contributed by atoms with Crippen LogP contribution in [-0.2, 0) is 34.0 Å². The van der Waals surface area contributed by atoms with E-state index in [0.717, 1.165) is 0 Å². The summed E-state index contributed by atoms with van der Waals surface area (Å²) in [6.07, 6.45) is -2.74. The molecule has 1 amide bonds. The minimum absolute atomic E-state index is 0.0395. The van der Waals surface area contributed by atoms with E-state index >= 15 is 0 Å². The highest BCUT2D eigenvalue weighted by Gasteiger charge is 2.27. The predicted octanol–water partition coefficient (Wildman–Crippen LogP) is 2.32. The standard InChI is InChI=1S/C21H23NO8S/c1-14(23)18(29-21(25)15(2)28-3)13-20(24)22-17-11-7-8-12-19(17)31(26,27)30-16-9-5-4-6-10-16/h4-12,15,18H,13H2,1-3H3,(H,22,24). The largest absolute Gasteiger partial charge is 0.452 e. The Hall–Kier alpha value is -3.24. The van der Waals surface area contributed by atoms with Gasteiger partial charge in [0.1, 0.15) is 10.6 Å². The van der Waals surface area contributed by atoms with E-state index in [4.69, 9.17) is 13.7 Å². The maximum Gasteiger partial charge on any atom is 0.341 e. The van der Waals surface area contributed by atoms with E-state index in [1.165, 1.54) is 57.4 Å². The van der Waals surface area contributed by atoms with E-state index in [2.05, 4.69) is 5.32 Å². The summed E-state index contributed by atoms with van der Waals surface area (Å²) in [6.45, 7) is 2.61. The molecule has 166 valence electrons. The summed E-state index contributed by atoms with van der Waals surface area (Å²) in [5, 5.41) is 2.43. The van der Waals surface area contributed by atoms with Gasteiger partial charge in [0.15, 0.2) is 18.0 Å². The first-order valence-electron chi connectivity index (χ1n) is 9.26. The van der Waals surface area contributed by atoms with Crippen LogP contribution in [0.15, 0.2) is 59.5 Å². The van der Waals surface area contributed by atoms with E-state index < -0.39 is 46.4 Å². The molecule has 0 aliphatic rings. The molecule has 0 fully saturated rings. The first-order valence-corrected chi connectivity index (χ1v) is 10.7. The Morgan fingerprint density at radius 1 is 1.00 bits per heavy atom. The van der Waals surface area contributed by atoms with Gasteiger partial charge in [0.2, 0.25) is 5.91 Å². The van der Waals surface area contributed by atoms with E-state index in [1.54, 1.807) is 18.2 Å². The molecule has 2 aromatic carbocycles. The first kappa shape index (κ1) is 24.0. The van der Waals surface area contributed by atoms with Gasteiger partial charge in [-0.15, -0.1) is 0 Å². The Bertz CT molecular complexity index is 1040. The molecule has 9 nitrogen and oxygen atoms in total. The molecule has 0 heterocycles. The lowest BCUT2D eigenvalue weighted by molar-refractivity contribution is -0.164. The summed E-state index contributed by atoms with van der Waals surface area (Å²) in [7, 11) is -2.95. The van der Waals surface area contributed by atoms with Gasteiger partial charge in [-0.25, -0.2) is 4.79 Å². The lowest BCUT2D eigenvalue weighted by Gasteiger charge is -2.18. The van der Waals surface area contributed by atoms with Crippen molar-refractivity contribution < 1.29 is 36.5 Å². The number of para-hydroxylation sites is 2. The Labute approximate surface area is 180 Å². The summed E-state index contributed by atoms with van der Waals surface area (Å²) in [5.41, 5.74) is -0.0395. The van der Waals surface area contributed by atoms with Crippen molar-refractivity contribution in [1.82, 2.24) is 0 Å². The van der Waals surface area contributed by atoms with Crippen LogP contribution in [0.4, 0.5) is 5.69 Å². The number of amides is 1. The van der Waals surface area contributed by atoms with Crippen molar-refractivity contribution in [1.29, 1.82) is 0 Å². The number of anilines is 1. The van der Waals surface area contributed by atoms with Gasteiger partial charge in [-0.3, -0.25) is 9.59 Å². The van der Waals surface area contributed by atoms with Crippen LogP contribution in [-0.4, -0.2) is 45.4 Å². The van der Waals surface area contributed by atoms with Gasteiger partial charge >= 0.3 is 16.1 Å². The molecule has 2 aromatic rings. The molecule has 0 aromatic heterocycles. The van der Waals surface area contributed by atoms with Gasteiger partial charge in [-0.05, 0) is 38.1 Å². The summed E-state index contributed by atoms with van der Waals surface area (Å²) < 4.78 is 40.3. The maximum absolute atomic E-state index is 12.7. The number of ether oxygens (including phenoxy) is 2. The smallest absolute Gasteiger partial charge is 0.341 e. The van der Waals surface area contributed by atoms with Gasteiger partial charge < -0.3 is 19.0 Å². The summed E-state index contributed by atoms with van der Waals surface area (Å²) >= 11 is 0. The minimum atomic E-state index is -4.25. The third-order valence-electron chi connectivity index (χ3n) is 4.15. The van der Waals surface area contributed by atoms with Gasteiger partial charge in [0.05, 0.1) is 12.1 Å². The van der Waals surface area contributed by atoms with Crippen LogP contribution in [0.1, 0.15) is 20.3 Å². The quantitative estimate of drug-likeness (QED) is 0.433. The first-order chi connectivity index (χ1) is 14.6. The van der Waals surface area contributed by atoms with Gasteiger partial charge in [0.25, 0.3) is 0 Å². The lowest BCUT2D eigenvalue weighted by Crippen LogP contribution is -2.34. The monoisotopic (exact) mass is 449 g/mol. The number of carbonyl (C=O) groups is 3. The number of rotatable bonds is 10. The van der Waals surface area contributed by atoms with Crippen LogP contribution in [0.25, 0.3) is 0 Å².